The topological polar surface area (TPSA) is 39.7 Å². The summed E-state index contributed by atoms with van der Waals surface area (Å²) in [7, 11) is 0. The molecule has 24 heavy (non-hydrogen) atoms. The van der Waals surface area contributed by atoms with E-state index in [2.05, 4.69) is 5.32 Å². The van der Waals surface area contributed by atoms with E-state index in [0.717, 1.165) is 43.5 Å². The van der Waals surface area contributed by atoms with Crippen LogP contribution < -0.4 is 14.8 Å². The molecule has 1 N–H and O–H groups in total. The van der Waals surface area contributed by atoms with Crippen LogP contribution in [0.25, 0.3) is 0 Å². The Labute approximate surface area is 145 Å². The summed E-state index contributed by atoms with van der Waals surface area (Å²) in [6.07, 6.45) is 8.04. The van der Waals surface area contributed by atoms with Crippen molar-refractivity contribution in [1.82, 2.24) is 5.32 Å². The second-order valence-corrected chi connectivity index (χ2v) is 6.89. The van der Waals surface area contributed by atoms with Crippen molar-refractivity contribution in [1.29, 1.82) is 0 Å². The first-order valence-corrected chi connectivity index (χ1v) is 9.57. The fourth-order valence-electron chi connectivity index (χ4n) is 3.84. The predicted octanol–water partition coefficient (Wildman–Crippen LogP) is 3.79. The number of hydrogen-bond acceptors (Lipinski definition) is 4. The first-order chi connectivity index (χ1) is 11.9. The van der Waals surface area contributed by atoms with Gasteiger partial charge >= 0.3 is 0 Å². The lowest BCUT2D eigenvalue weighted by atomic mass is 9.84. The lowest BCUT2D eigenvalue weighted by molar-refractivity contribution is -0.0515. The van der Waals surface area contributed by atoms with Crippen LogP contribution in [-0.2, 0) is 4.74 Å². The lowest BCUT2D eigenvalue weighted by Gasteiger charge is -2.34. The molecule has 2 atom stereocenters. The van der Waals surface area contributed by atoms with E-state index in [0.29, 0.717) is 6.61 Å². The van der Waals surface area contributed by atoms with Crippen LogP contribution in [-0.4, -0.2) is 38.5 Å². The van der Waals surface area contributed by atoms with Crippen LogP contribution in [0.3, 0.4) is 0 Å². The quantitative estimate of drug-likeness (QED) is 0.824. The highest BCUT2D eigenvalue weighted by molar-refractivity contribution is 5.39. The van der Waals surface area contributed by atoms with Crippen LogP contribution >= 0.6 is 0 Å². The second-order valence-electron chi connectivity index (χ2n) is 6.89. The summed E-state index contributed by atoms with van der Waals surface area (Å²) in [5.74, 6) is 2.43. The van der Waals surface area contributed by atoms with Crippen LogP contribution in [0.1, 0.15) is 45.4 Å². The fourth-order valence-corrected chi connectivity index (χ4v) is 3.84. The fraction of sp³-hybridized carbons (Fsp3) is 0.700. The standard InChI is InChI=1S/C20H31NO3/c1-2-22-17-10-6-7-11-18(17)24-19(20-15-21-12-13-23-20)14-16-8-4-3-5-9-16/h6-7,10-11,16,19-21H,2-5,8-9,12-15H2,1H3/t19-,20-/m0/s1. The molecule has 1 saturated heterocycles. The Kier molecular flexibility index (Phi) is 6.79. The van der Waals surface area contributed by atoms with Gasteiger partial charge in [-0.05, 0) is 31.4 Å². The smallest absolute Gasteiger partial charge is 0.161 e. The minimum atomic E-state index is 0.0857. The third kappa shape index (κ3) is 4.87. The summed E-state index contributed by atoms with van der Waals surface area (Å²) in [5, 5.41) is 3.44. The molecule has 1 aromatic carbocycles. The zero-order valence-corrected chi connectivity index (χ0v) is 14.8. The van der Waals surface area contributed by atoms with E-state index in [4.69, 9.17) is 14.2 Å². The second kappa shape index (κ2) is 9.28. The zero-order chi connectivity index (χ0) is 16.6. The third-order valence-electron chi connectivity index (χ3n) is 5.09. The van der Waals surface area contributed by atoms with Gasteiger partial charge in [-0.15, -0.1) is 0 Å². The first kappa shape index (κ1) is 17.6. The van der Waals surface area contributed by atoms with E-state index in [1.807, 2.05) is 31.2 Å². The number of hydrogen-bond donors (Lipinski definition) is 1. The summed E-state index contributed by atoms with van der Waals surface area (Å²) in [5.41, 5.74) is 0. The van der Waals surface area contributed by atoms with Gasteiger partial charge < -0.3 is 19.5 Å². The van der Waals surface area contributed by atoms with E-state index in [-0.39, 0.29) is 12.2 Å². The van der Waals surface area contributed by atoms with Gasteiger partial charge in [0.15, 0.2) is 11.5 Å². The third-order valence-corrected chi connectivity index (χ3v) is 5.09. The molecule has 1 aliphatic heterocycles. The molecular formula is C20H31NO3. The Bertz CT molecular complexity index is 482. The van der Waals surface area contributed by atoms with Crippen LogP contribution in [0.15, 0.2) is 24.3 Å². The molecule has 4 nitrogen and oxygen atoms in total. The maximum Gasteiger partial charge on any atom is 0.161 e. The van der Waals surface area contributed by atoms with Crippen molar-refractivity contribution in [2.75, 3.05) is 26.3 Å². The average molecular weight is 333 g/mol. The summed E-state index contributed by atoms with van der Waals surface area (Å²) < 4.78 is 18.2. The van der Waals surface area contributed by atoms with Crippen molar-refractivity contribution in [3.63, 3.8) is 0 Å². The first-order valence-electron chi connectivity index (χ1n) is 9.57. The maximum absolute atomic E-state index is 6.45. The van der Waals surface area contributed by atoms with Crippen molar-refractivity contribution < 1.29 is 14.2 Å². The summed E-state index contributed by atoms with van der Waals surface area (Å²) >= 11 is 0. The number of morpholine rings is 1. The van der Waals surface area contributed by atoms with E-state index >= 15 is 0 Å². The monoisotopic (exact) mass is 333 g/mol. The van der Waals surface area contributed by atoms with E-state index in [1.54, 1.807) is 0 Å². The lowest BCUT2D eigenvalue weighted by Crippen LogP contribution is -2.48. The Morgan fingerprint density at radius 1 is 1.17 bits per heavy atom. The highest BCUT2D eigenvalue weighted by Gasteiger charge is 2.30. The molecule has 1 aromatic rings. The van der Waals surface area contributed by atoms with Gasteiger partial charge in [0.25, 0.3) is 0 Å². The highest BCUT2D eigenvalue weighted by Crippen LogP contribution is 2.33. The number of nitrogens with one attached hydrogen (secondary N) is 1. The Morgan fingerprint density at radius 2 is 1.96 bits per heavy atom. The van der Waals surface area contributed by atoms with Crippen LogP contribution in [0.5, 0.6) is 11.5 Å². The molecule has 1 aliphatic carbocycles. The van der Waals surface area contributed by atoms with E-state index in [1.165, 1.54) is 32.1 Å². The Balaban J connectivity index is 1.70. The zero-order valence-electron chi connectivity index (χ0n) is 14.8. The van der Waals surface area contributed by atoms with Crippen LogP contribution in [0, 0.1) is 5.92 Å². The van der Waals surface area contributed by atoms with Gasteiger partial charge in [-0.1, -0.05) is 44.2 Å². The minimum Gasteiger partial charge on any atom is -0.490 e. The van der Waals surface area contributed by atoms with Crippen molar-refractivity contribution in [3.8, 4) is 11.5 Å². The molecule has 0 bridgehead atoms. The van der Waals surface area contributed by atoms with E-state index in [9.17, 15) is 0 Å². The van der Waals surface area contributed by atoms with Crippen molar-refractivity contribution >= 4 is 0 Å². The molecule has 0 radical (unpaired) electrons. The molecule has 0 spiro atoms. The van der Waals surface area contributed by atoms with Gasteiger partial charge in [0.2, 0.25) is 0 Å². The minimum absolute atomic E-state index is 0.0857. The van der Waals surface area contributed by atoms with Crippen molar-refractivity contribution in [2.45, 2.75) is 57.7 Å². The number of rotatable bonds is 7. The van der Waals surface area contributed by atoms with Gasteiger partial charge in [0, 0.05) is 13.1 Å². The molecule has 1 saturated carbocycles. The largest absolute Gasteiger partial charge is 0.490 e. The molecular weight excluding hydrogens is 302 g/mol. The van der Waals surface area contributed by atoms with Crippen molar-refractivity contribution in [3.05, 3.63) is 24.3 Å². The molecule has 0 aromatic heterocycles. The molecule has 0 unspecified atom stereocenters. The predicted molar refractivity (Wildman–Crippen MR) is 95.8 cm³/mol. The van der Waals surface area contributed by atoms with Crippen LogP contribution in [0.2, 0.25) is 0 Å². The average Bonchev–Trinajstić information content (AvgIpc) is 2.64. The highest BCUT2D eigenvalue weighted by atomic mass is 16.6. The van der Waals surface area contributed by atoms with E-state index < -0.39 is 0 Å². The molecule has 2 fully saturated rings. The number of ether oxygens (including phenoxy) is 3. The normalized spacial score (nSPS) is 23.6. The Morgan fingerprint density at radius 3 is 2.67 bits per heavy atom. The molecule has 2 aliphatic rings. The van der Waals surface area contributed by atoms with Crippen LogP contribution in [0.4, 0.5) is 0 Å². The van der Waals surface area contributed by atoms with Crippen molar-refractivity contribution in [2.24, 2.45) is 5.92 Å². The summed E-state index contributed by atoms with van der Waals surface area (Å²) in [6, 6.07) is 7.99. The molecule has 0 amide bonds. The molecule has 3 rings (SSSR count). The van der Waals surface area contributed by atoms with Gasteiger partial charge in [0.05, 0.1) is 13.2 Å². The SMILES string of the molecule is CCOc1ccccc1O[C@@H](CC1CCCCC1)[C@@H]1CNCCO1. The maximum atomic E-state index is 6.45. The van der Waals surface area contributed by atoms with Gasteiger partial charge in [-0.25, -0.2) is 0 Å². The molecule has 134 valence electrons. The van der Waals surface area contributed by atoms with Gasteiger partial charge in [-0.3, -0.25) is 0 Å². The number of benzene rings is 1. The van der Waals surface area contributed by atoms with Gasteiger partial charge in [0.1, 0.15) is 12.2 Å². The Hall–Kier alpha value is -1.26. The number of para-hydroxylation sites is 2. The summed E-state index contributed by atoms with van der Waals surface area (Å²) in [6.45, 7) is 5.22. The summed E-state index contributed by atoms with van der Waals surface area (Å²) in [4.78, 5) is 0. The molecule has 4 heteroatoms. The molecule has 1 heterocycles. The van der Waals surface area contributed by atoms with Gasteiger partial charge in [-0.2, -0.15) is 0 Å².